The molecule has 0 spiro atoms. The van der Waals surface area contributed by atoms with Crippen molar-refractivity contribution in [3.8, 4) is 0 Å². The fraction of sp³-hybridized carbons (Fsp3) is 0.571. The van der Waals surface area contributed by atoms with Gasteiger partial charge in [0, 0.05) is 16.6 Å². The fourth-order valence-electron chi connectivity index (χ4n) is 2.41. The Hall–Kier alpha value is -0.450. The molecule has 1 unspecified atom stereocenters. The van der Waals surface area contributed by atoms with E-state index in [0.29, 0.717) is 12.0 Å². The first-order chi connectivity index (χ1) is 8.66. The minimum absolute atomic E-state index is 0.329. The van der Waals surface area contributed by atoms with Crippen molar-refractivity contribution in [2.45, 2.75) is 31.8 Å². The molecular formula is C14H19BrFNO. The number of hydrogen-bond acceptors (Lipinski definition) is 2. The molecule has 1 N–H and O–H groups in total. The lowest BCUT2D eigenvalue weighted by Gasteiger charge is -2.27. The van der Waals surface area contributed by atoms with E-state index in [4.69, 9.17) is 0 Å². The van der Waals surface area contributed by atoms with Crippen LogP contribution in [0.5, 0.6) is 0 Å². The van der Waals surface area contributed by atoms with Gasteiger partial charge in [0.15, 0.2) is 0 Å². The van der Waals surface area contributed by atoms with E-state index in [1.807, 2.05) is 0 Å². The number of benzene rings is 1. The van der Waals surface area contributed by atoms with Crippen LogP contribution in [0.3, 0.4) is 0 Å². The number of rotatable bonds is 4. The van der Waals surface area contributed by atoms with Gasteiger partial charge in [-0.15, -0.1) is 0 Å². The lowest BCUT2D eigenvalue weighted by molar-refractivity contribution is 0.131. The van der Waals surface area contributed by atoms with Gasteiger partial charge in [-0.2, -0.15) is 0 Å². The molecule has 0 amide bonds. The van der Waals surface area contributed by atoms with Crippen LogP contribution in [-0.4, -0.2) is 29.6 Å². The molecule has 18 heavy (non-hydrogen) atoms. The Balaban J connectivity index is 1.90. The minimum Gasteiger partial charge on any atom is -0.388 e. The normalized spacial score (nSPS) is 18.8. The summed E-state index contributed by atoms with van der Waals surface area (Å²) in [5.41, 5.74) is 0.390. The molecule has 2 rings (SSSR count). The second kappa shape index (κ2) is 6.64. The van der Waals surface area contributed by atoms with Crippen LogP contribution in [0.1, 0.15) is 37.4 Å². The molecule has 1 atom stereocenters. The Morgan fingerprint density at radius 2 is 2.00 bits per heavy atom. The van der Waals surface area contributed by atoms with E-state index in [0.717, 1.165) is 24.1 Å². The summed E-state index contributed by atoms with van der Waals surface area (Å²) in [6.07, 6.45) is 3.65. The molecule has 0 bridgehead atoms. The monoisotopic (exact) mass is 315 g/mol. The first-order valence-corrected chi connectivity index (χ1v) is 7.31. The maximum Gasteiger partial charge on any atom is 0.129 e. The number of halogens is 2. The van der Waals surface area contributed by atoms with E-state index < -0.39 is 6.10 Å². The predicted molar refractivity (Wildman–Crippen MR) is 74.0 cm³/mol. The quantitative estimate of drug-likeness (QED) is 0.919. The summed E-state index contributed by atoms with van der Waals surface area (Å²) in [5, 5.41) is 10.1. The van der Waals surface area contributed by atoms with E-state index in [9.17, 15) is 9.50 Å². The third-order valence-corrected chi connectivity index (χ3v) is 3.98. The first kappa shape index (κ1) is 14.0. The summed E-state index contributed by atoms with van der Waals surface area (Å²) in [6.45, 7) is 3.05. The summed E-state index contributed by atoms with van der Waals surface area (Å²) in [7, 11) is 0. The second-order valence-electron chi connectivity index (χ2n) is 4.87. The molecule has 100 valence electrons. The standard InChI is InChI=1S/C14H19BrFNO/c15-11-4-5-13(16)12(10-11)14(18)6-9-17-7-2-1-3-8-17/h4-5,10,14,18H,1-3,6-9H2. The van der Waals surface area contributed by atoms with E-state index in [1.54, 1.807) is 12.1 Å². The zero-order valence-electron chi connectivity index (χ0n) is 10.4. The number of nitrogens with zero attached hydrogens (tertiary/aromatic N) is 1. The van der Waals surface area contributed by atoms with E-state index >= 15 is 0 Å². The molecule has 1 aromatic rings. The van der Waals surface area contributed by atoms with Crippen LogP contribution in [0.2, 0.25) is 0 Å². The van der Waals surface area contributed by atoms with Gasteiger partial charge < -0.3 is 10.0 Å². The molecule has 0 aliphatic carbocycles. The minimum atomic E-state index is -0.718. The Labute approximate surface area is 116 Å². The largest absolute Gasteiger partial charge is 0.388 e. The van der Waals surface area contributed by atoms with Crippen LogP contribution in [0.4, 0.5) is 4.39 Å². The third-order valence-electron chi connectivity index (χ3n) is 3.48. The van der Waals surface area contributed by atoms with Gasteiger partial charge in [-0.3, -0.25) is 0 Å². The maximum absolute atomic E-state index is 13.6. The molecule has 1 aromatic carbocycles. The third kappa shape index (κ3) is 3.77. The summed E-state index contributed by atoms with van der Waals surface area (Å²) in [6, 6.07) is 4.70. The number of aliphatic hydroxyl groups excluding tert-OH is 1. The highest BCUT2D eigenvalue weighted by Crippen LogP contribution is 2.24. The van der Waals surface area contributed by atoms with E-state index in [2.05, 4.69) is 20.8 Å². The topological polar surface area (TPSA) is 23.5 Å². The van der Waals surface area contributed by atoms with Gasteiger partial charge in [-0.05, 0) is 50.6 Å². The first-order valence-electron chi connectivity index (χ1n) is 6.52. The Kier molecular flexibility index (Phi) is 5.15. The predicted octanol–water partition coefficient (Wildman–Crippen LogP) is 3.50. The van der Waals surface area contributed by atoms with E-state index in [-0.39, 0.29) is 5.82 Å². The van der Waals surface area contributed by atoms with Gasteiger partial charge in [0.05, 0.1) is 6.10 Å². The average molecular weight is 316 g/mol. The van der Waals surface area contributed by atoms with Crippen LogP contribution in [0.25, 0.3) is 0 Å². The molecule has 1 aliphatic heterocycles. The summed E-state index contributed by atoms with van der Waals surface area (Å²) >= 11 is 3.30. The zero-order valence-corrected chi connectivity index (χ0v) is 12.0. The van der Waals surface area contributed by atoms with Crippen LogP contribution in [0.15, 0.2) is 22.7 Å². The molecule has 0 radical (unpaired) electrons. The maximum atomic E-state index is 13.6. The Morgan fingerprint density at radius 1 is 1.28 bits per heavy atom. The van der Waals surface area contributed by atoms with Crippen LogP contribution in [-0.2, 0) is 0 Å². The summed E-state index contributed by atoms with van der Waals surface area (Å²) in [5.74, 6) is -0.329. The smallest absolute Gasteiger partial charge is 0.129 e. The van der Waals surface area contributed by atoms with Crippen molar-refractivity contribution in [3.63, 3.8) is 0 Å². The van der Waals surface area contributed by atoms with Gasteiger partial charge in [-0.1, -0.05) is 22.4 Å². The van der Waals surface area contributed by atoms with Crippen molar-refractivity contribution in [2.75, 3.05) is 19.6 Å². The fourth-order valence-corrected chi connectivity index (χ4v) is 2.79. The van der Waals surface area contributed by atoms with Crippen molar-refractivity contribution in [2.24, 2.45) is 0 Å². The lowest BCUT2D eigenvalue weighted by Crippen LogP contribution is -2.31. The molecule has 0 saturated carbocycles. The molecule has 4 heteroatoms. The number of aliphatic hydroxyl groups is 1. The van der Waals surface area contributed by atoms with Crippen molar-refractivity contribution in [3.05, 3.63) is 34.1 Å². The molecule has 0 aromatic heterocycles. The molecular weight excluding hydrogens is 297 g/mol. The second-order valence-corrected chi connectivity index (χ2v) is 5.79. The van der Waals surface area contributed by atoms with Crippen molar-refractivity contribution in [1.29, 1.82) is 0 Å². The summed E-state index contributed by atoms with van der Waals surface area (Å²) in [4.78, 5) is 2.35. The van der Waals surface area contributed by atoms with Gasteiger partial charge in [0.1, 0.15) is 5.82 Å². The Morgan fingerprint density at radius 3 is 2.72 bits per heavy atom. The number of piperidine rings is 1. The SMILES string of the molecule is OC(CCN1CCCCC1)c1cc(Br)ccc1F. The summed E-state index contributed by atoms with van der Waals surface area (Å²) < 4.78 is 14.4. The Bertz CT molecular complexity index is 393. The molecule has 1 heterocycles. The van der Waals surface area contributed by atoms with Gasteiger partial charge in [-0.25, -0.2) is 4.39 Å². The van der Waals surface area contributed by atoms with Crippen LogP contribution < -0.4 is 0 Å². The van der Waals surface area contributed by atoms with Crippen LogP contribution >= 0.6 is 15.9 Å². The molecule has 2 nitrogen and oxygen atoms in total. The van der Waals surface area contributed by atoms with Gasteiger partial charge in [0.25, 0.3) is 0 Å². The molecule has 1 aliphatic rings. The van der Waals surface area contributed by atoms with Crippen molar-refractivity contribution in [1.82, 2.24) is 4.90 Å². The van der Waals surface area contributed by atoms with E-state index in [1.165, 1.54) is 25.3 Å². The highest BCUT2D eigenvalue weighted by molar-refractivity contribution is 9.10. The van der Waals surface area contributed by atoms with Gasteiger partial charge in [0.2, 0.25) is 0 Å². The highest BCUT2D eigenvalue weighted by atomic mass is 79.9. The number of likely N-dealkylation sites (tertiary alicyclic amines) is 1. The molecule has 1 saturated heterocycles. The van der Waals surface area contributed by atoms with Crippen molar-refractivity contribution < 1.29 is 9.50 Å². The highest BCUT2D eigenvalue weighted by Gasteiger charge is 2.16. The van der Waals surface area contributed by atoms with Crippen LogP contribution in [0, 0.1) is 5.82 Å². The lowest BCUT2D eigenvalue weighted by atomic mass is 10.0. The average Bonchev–Trinajstić information content (AvgIpc) is 2.40. The van der Waals surface area contributed by atoms with Crippen molar-refractivity contribution >= 4 is 15.9 Å². The van der Waals surface area contributed by atoms with Gasteiger partial charge >= 0.3 is 0 Å². The molecule has 1 fully saturated rings. The zero-order chi connectivity index (χ0) is 13.0. The number of hydrogen-bond donors (Lipinski definition) is 1.